The molecule has 9 nitrogen and oxygen atoms in total. The Bertz CT molecular complexity index is 1160. The Labute approximate surface area is 199 Å². The molecule has 2 aromatic rings. The SMILES string of the molecule is CCOc1ccc(CNC(=O)[C@@H]2Cc3cc(S(=O)(=O)N4CCOCC4)ccc3N2C(C)=O)cc1. The first-order chi connectivity index (χ1) is 16.3. The first-order valence-electron chi connectivity index (χ1n) is 11.3. The van der Waals surface area contributed by atoms with Crippen LogP contribution in [0.3, 0.4) is 0 Å². The van der Waals surface area contributed by atoms with Crippen molar-refractivity contribution in [3.8, 4) is 5.75 Å². The van der Waals surface area contributed by atoms with Crippen LogP contribution in [0.25, 0.3) is 0 Å². The third-order valence-corrected chi connectivity index (χ3v) is 7.88. The van der Waals surface area contributed by atoms with Gasteiger partial charge in [-0.15, -0.1) is 0 Å². The third-order valence-electron chi connectivity index (χ3n) is 5.99. The monoisotopic (exact) mass is 487 g/mol. The molecule has 2 amide bonds. The Kier molecular flexibility index (Phi) is 7.20. The molecular formula is C24H29N3O6S. The Hall–Kier alpha value is -2.95. The molecule has 0 radical (unpaired) electrons. The molecule has 10 heteroatoms. The highest BCUT2D eigenvalue weighted by Gasteiger charge is 2.38. The van der Waals surface area contributed by atoms with E-state index in [1.807, 2.05) is 31.2 Å². The standard InChI is InChI=1S/C24H29N3O6S/c1-3-33-20-6-4-18(5-7-20)16-25-24(29)23-15-19-14-21(8-9-22(19)27(23)17(2)28)34(30,31)26-10-12-32-13-11-26/h4-9,14,23H,3,10-13,15-16H2,1-2H3,(H,25,29)/t23-/m0/s1. The predicted molar refractivity (Wildman–Crippen MR) is 126 cm³/mol. The van der Waals surface area contributed by atoms with Crippen LogP contribution in [0.1, 0.15) is 25.0 Å². The van der Waals surface area contributed by atoms with E-state index in [2.05, 4.69) is 5.32 Å². The molecule has 1 atom stereocenters. The number of morpholine rings is 1. The van der Waals surface area contributed by atoms with E-state index in [4.69, 9.17) is 9.47 Å². The maximum atomic E-state index is 13.0. The molecule has 0 saturated carbocycles. The summed E-state index contributed by atoms with van der Waals surface area (Å²) >= 11 is 0. The van der Waals surface area contributed by atoms with Gasteiger partial charge in [0.25, 0.3) is 0 Å². The normalized spacial score (nSPS) is 18.4. The van der Waals surface area contributed by atoms with E-state index < -0.39 is 16.1 Å². The first-order valence-corrected chi connectivity index (χ1v) is 12.8. The second kappa shape index (κ2) is 10.1. The fraction of sp³-hybridized carbons (Fsp3) is 0.417. The molecule has 0 aliphatic carbocycles. The van der Waals surface area contributed by atoms with Gasteiger partial charge in [0.15, 0.2) is 0 Å². The summed E-state index contributed by atoms with van der Waals surface area (Å²) in [5.74, 6) is 0.191. The summed E-state index contributed by atoms with van der Waals surface area (Å²) in [5.41, 5.74) is 2.13. The van der Waals surface area contributed by atoms with E-state index in [9.17, 15) is 18.0 Å². The van der Waals surface area contributed by atoms with Crippen molar-refractivity contribution in [2.75, 3.05) is 37.8 Å². The van der Waals surface area contributed by atoms with Crippen LogP contribution in [0, 0.1) is 0 Å². The van der Waals surface area contributed by atoms with Crippen molar-refractivity contribution in [2.45, 2.75) is 37.8 Å². The van der Waals surface area contributed by atoms with Gasteiger partial charge < -0.3 is 14.8 Å². The average Bonchev–Trinajstić information content (AvgIpc) is 3.23. The number of rotatable bonds is 7. The number of carbonyl (C=O) groups is 2. The van der Waals surface area contributed by atoms with E-state index in [1.54, 1.807) is 12.1 Å². The van der Waals surface area contributed by atoms with Gasteiger partial charge in [0, 0.05) is 38.7 Å². The van der Waals surface area contributed by atoms with E-state index >= 15 is 0 Å². The fourth-order valence-corrected chi connectivity index (χ4v) is 5.76. The molecule has 2 aliphatic rings. The molecular weight excluding hydrogens is 458 g/mol. The number of ether oxygens (including phenoxy) is 2. The van der Waals surface area contributed by atoms with Gasteiger partial charge in [-0.2, -0.15) is 4.31 Å². The topological polar surface area (TPSA) is 105 Å². The summed E-state index contributed by atoms with van der Waals surface area (Å²) in [6, 6.07) is 11.4. The molecule has 34 heavy (non-hydrogen) atoms. The molecule has 0 bridgehead atoms. The van der Waals surface area contributed by atoms with E-state index in [-0.39, 0.29) is 23.1 Å². The van der Waals surface area contributed by atoms with Crippen molar-refractivity contribution in [1.82, 2.24) is 9.62 Å². The predicted octanol–water partition coefficient (Wildman–Crippen LogP) is 1.70. The number of sulfonamides is 1. The Morgan fingerprint density at radius 1 is 1.12 bits per heavy atom. The van der Waals surface area contributed by atoms with Crippen LogP contribution in [0.15, 0.2) is 47.4 Å². The number of fused-ring (bicyclic) bond motifs is 1. The lowest BCUT2D eigenvalue weighted by Crippen LogP contribution is -2.47. The summed E-state index contributed by atoms with van der Waals surface area (Å²) < 4.78 is 38.2. The van der Waals surface area contributed by atoms with Gasteiger partial charge in [0.2, 0.25) is 21.8 Å². The van der Waals surface area contributed by atoms with Crippen LogP contribution >= 0.6 is 0 Å². The summed E-state index contributed by atoms with van der Waals surface area (Å²) in [4.78, 5) is 27.0. The first kappa shape index (κ1) is 24.2. The Morgan fingerprint density at radius 3 is 2.47 bits per heavy atom. The maximum absolute atomic E-state index is 13.0. The van der Waals surface area contributed by atoms with E-state index in [0.29, 0.717) is 50.7 Å². The minimum Gasteiger partial charge on any atom is -0.494 e. The number of nitrogens with one attached hydrogen (secondary N) is 1. The van der Waals surface area contributed by atoms with Crippen LogP contribution in [0.5, 0.6) is 5.75 Å². The van der Waals surface area contributed by atoms with Gasteiger partial charge in [-0.1, -0.05) is 12.1 Å². The summed E-state index contributed by atoms with van der Waals surface area (Å²) in [5, 5.41) is 2.89. The molecule has 1 saturated heterocycles. The highest BCUT2D eigenvalue weighted by molar-refractivity contribution is 7.89. The largest absolute Gasteiger partial charge is 0.494 e. The van der Waals surface area contributed by atoms with Gasteiger partial charge in [-0.3, -0.25) is 14.5 Å². The fourth-order valence-electron chi connectivity index (χ4n) is 4.30. The van der Waals surface area contributed by atoms with Gasteiger partial charge >= 0.3 is 0 Å². The van der Waals surface area contributed by atoms with Crippen LogP contribution in [0.4, 0.5) is 5.69 Å². The molecule has 2 heterocycles. The number of benzene rings is 2. The van der Waals surface area contributed by atoms with E-state index in [1.165, 1.54) is 22.2 Å². The Morgan fingerprint density at radius 2 is 1.82 bits per heavy atom. The minimum absolute atomic E-state index is 0.159. The van der Waals surface area contributed by atoms with Crippen LogP contribution < -0.4 is 15.0 Å². The number of nitrogens with zero attached hydrogens (tertiary/aromatic N) is 2. The molecule has 0 aromatic heterocycles. The van der Waals surface area contributed by atoms with Crippen LogP contribution in [-0.4, -0.2) is 63.5 Å². The summed E-state index contributed by atoms with van der Waals surface area (Å²) in [7, 11) is -3.67. The van der Waals surface area contributed by atoms with Gasteiger partial charge in [-0.05, 0) is 48.4 Å². The number of carbonyl (C=O) groups excluding carboxylic acids is 2. The second-order valence-electron chi connectivity index (χ2n) is 8.21. The molecule has 2 aromatic carbocycles. The third kappa shape index (κ3) is 4.94. The molecule has 1 fully saturated rings. The van der Waals surface area contributed by atoms with Crippen molar-refractivity contribution in [2.24, 2.45) is 0 Å². The lowest BCUT2D eigenvalue weighted by Gasteiger charge is -2.26. The molecule has 0 unspecified atom stereocenters. The maximum Gasteiger partial charge on any atom is 0.243 e. The van der Waals surface area contributed by atoms with Crippen molar-refractivity contribution >= 4 is 27.5 Å². The highest BCUT2D eigenvalue weighted by atomic mass is 32.2. The zero-order valence-corrected chi connectivity index (χ0v) is 20.1. The number of anilines is 1. The number of amides is 2. The van der Waals surface area contributed by atoms with Crippen molar-refractivity contribution in [3.05, 3.63) is 53.6 Å². The lowest BCUT2D eigenvalue weighted by atomic mass is 10.1. The molecule has 1 N–H and O–H groups in total. The zero-order chi connectivity index (χ0) is 24.3. The minimum atomic E-state index is -3.67. The van der Waals surface area contributed by atoms with Gasteiger partial charge in [0.1, 0.15) is 11.8 Å². The average molecular weight is 488 g/mol. The van der Waals surface area contributed by atoms with Crippen molar-refractivity contribution in [1.29, 1.82) is 0 Å². The highest BCUT2D eigenvalue weighted by Crippen LogP contribution is 2.35. The Balaban J connectivity index is 1.49. The quantitative estimate of drug-likeness (QED) is 0.637. The van der Waals surface area contributed by atoms with Gasteiger partial charge in [-0.25, -0.2) is 8.42 Å². The summed E-state index contributed by atoms with van der Waals surface area (Å²) in [6.45, 7) is 5.52. The van der Waals surface area contributed by atoms with E-state index in [0.717, 1.165) is 11.3 Å². The van der Waals surface area contributed by atoms with Crippen molar-refractivity contribution < 1.29 is 27.5 Å². The molecule has 2 aliphatic heterocycles. The second-order valence-corrected chi connectivity index (χ2v) is 10.1. The number of hydrogen-bond acceptors (Lipinski definition) is 6. The molecule has 182 valence electrons. The van der Waals surface area contributed by atoms with Crippen LogP contribution in [0.2, 0.25) is 0 Å². The molecule has 4 rings (SSSR count). The summed E-state index contributed by atoms with van der Waals surface area (Å²) in [6.07, 6.45) is 0.247. The lowest BCUT2D eigenvalue weighted by molar-refractivity contribution is -0.125. The van der Waals surface area contributed by atoms with Crippen LogP contribution in [-0.2, 0) is 37.3 Å². The van der Waals surface area contributed by atoms with Gasteiger partial charge in [0.05, 0.1) is 24.7 Å². The number of hydrogen-bond donors (Lipinski definition) is 1. The van der Waals surface area contributed by atoms with Crippen molar-refractivity contribution in [3.63, 3.8) is 0 Å². The zero-order valence-electron chi connectivity index (χ0n) is 19.3. The smallest absolute Gasteiger partial charge is 0.243 e. The molecule has 0 spiro atoms.